The minimum Gasteiger partial charge on any atom is -0.301 e. The predicted octanol–water partition coefficient (Wildman–Crippen LogP) is 2.18. The lowest BCUT2D eigenvalue weighted by Gasteiger charge is -2.28. The van der Waals surface area contributed by atoms with E-state index in [4.69, 9.17) is 0 Å². The molecule has 1 aliphatic heterocycles. The highest BCUT2D eigenvalue weighted by Crippen LogP contribution is 2.36. The van der Waals surface area contributed by atoms with E-state index in [-0.39, 0.29) is 0 Å². The molecule has 1 aromatic rings. The minimum absolute atomic E-state index is 0.512. The lowest BCUT2D eigenvalue weighted by Crippen LogP contribution is -2.24. The molecule has 70 valence electrons. The second kappa shape index (κ2) is 3.68. The Morgan fingerprint density at radius 3 is 3.15 bits per heavy atom. The predicted molar refractivity (Wildman–Crippen MR) is 56.0 cm³/mol. The molecule has 2 heterocycles. The first kappa shape index (κ1) is 9.03. The Labute approximate surface area is 83.4 Å². The maximum Gasteiger partial charge on any atom is 0.0710 e. The van der Waals surface area contributed by atoms with E-state index in [2.05, 4.69) is 30.0 Å². The lowest BCUT2D eigenvalue weighted by molar-refractivity contribution is 0.281. The first-order valence-electron chi connectivity index (χ1n) is 4.53. The molecule has 1 atom stereocenters. The summed E-state index contributed by atoms with van der Waals surface area (Å²) in [7, 11) is 4.25. The van der Waals surface area contributed by atoms with Crippen molar-refractivity contribution in [3.63, 3.8) is 0 Å². The maximum absolute atomic E-state index is 4.46. The zero-order chi connectivity index (χ0) is 9.26. The van der Waals surface area contributed by atoms with E-state index < -0.39 is 0 Å². The molecule has 0 bridgehead atoms. The van der Waals surface area contributed by atoms with Gasteiger partial charge in [-0.2, -0.15) is 0 Å². The van der Waals surface area contributed by atoms with E-state index in [1.807, 2.05) is 24.0 Å². The van der Waals surface area contributed by atoms with E-state index in [1.54, 1.807) is 0 Å². The first-order valence-corrected chi connectivity index (χ1v) is 5.52. The van der Waals surface area contributed by atoms with Crippen molar-refractivity contribution in [1.82, 2.24) is 9.88 Å². The van der Waals surface area contributed by atoms with Crippen LogP contribution in [0, 0.1) is 0 Å². The highest BCUT2D eigenvalue weighted by molar-refractivity contribution is 7.99. The number of hydrogen-bond donors (Lipinski definition) is 0. The Morgan fingerprint density at radius 2 is 2.38 bits per heavy atom. The normalized spacial score (nSPS) is 21.6. The zero-order valence-corrected chi connectivity index (χ0v) is 8.84. The molecule has 0 aromatic carbocycles. The van der Waals surface area contributed by atoms with Crippen LogP contribution in [0.1, 0.15) is 18.2 Å². The Kier molecular flexibility index (Phi) is 2.56. The molecule has 0 radical (unpaired) electrons. The Balaban J connectivity index is 2.37. The molecule has 13 heavy (non-hydrogen) atoms. The Morgan fingerprint density at radius 1 is 1.54 bits per heavy atom. The molecule has 2 rings (SSSR count). The Hall–Kier alpha value is -0.540. The van der Waals surface area contributed by atoms with Crippen molar-refractivity contribution in [1.29, 1.82) is 0 Å². The summed E-state index contributed by atoms with van der Waals surface area (Å²) in [5.74, 6) is 1.21. The van der Waals surface area contributed by atoms with Crippen LogP contribution in [-0.2, 0) is 0 Å². The van der Waals surface area contributed by atoms with Gasteiger partial charge in [-0.15, -0.1) is 11.8 Å². The molecule has 0 spiro atoms. The quantitative estimate of drug-likeness (QED) is 0.681. The third-order valence-electron chi connectivity index (χ3n) is 2.39. The zero-order valence-electron chi connectivity index (χ0n) is 8.03. The monoisotopic (exact) mass is 194 g/mol. The summed E-state index contributed by atoms with van der Waals surface area (Å²) in [6, 6.07) is 4.70. The summed E-state index contributed by atoms with van der Waals surface area (Å²) in [5.41, 5.74) is 1.25. The molecule has 2 nitrogen and oxygen atoms in total. The van der Waals surface area contributed by atoms with E-state index in [1.165, 1.54) is 22.8 Å². The summed E-state index contributed by atoms with van der Waals surface area (Å²) in [5, 5.41) is 0. The molecular formula is C10H14N2S. The molecule has 1 aliphatic rings. The van der Waals surface area contributed by atoms with E-state index in [9.17, 15) is 0 Å². The number of nitrogens with zero attached hydrogens (tertiary/aromatic N) is 2. The van der Waals surface area contributed by atoms with Crippen LogP contribution < -0.4 is 0 Å². The molecule has 0 amide bonds. The van der Waals surface area contributed by atoms with Crippen LogP contribution in [0.3, 0.4) is 0 Å². The van der Waals surface area contributed by atoms with Gasteiger partial charge in [0.2, 0.25) is 0 Å². The smallest absolute Gasteiger partial charge is 0.0710 e. The van der Waals surface area contributed by atoms with Crippen molar-refractivity contribution < 1.29 is 0 Å². The molecular weight excluding hydrogens is 180 g/mol. The van der Waals surface area contributed by atoms with Gasteiger partial charge in [0.05, 0.1) is 11.7 Å². The highest BCUT2D eigenvalue weighted by Gasteiger charge is 2.22. The summed E-state index contributed by atoms with van der Waals surface area (Å²) < 4.78 is 0. The minimum atomic E-state index is 0.512. The summed E-state index contributed by atoms with van der Waals surface area (Å²) in [4.78, 5) is 8.07. The topological polar surface area (TPSA) is 16.1 Å². The van der Waals surface area contributed by atoms with Crippen molar-refractivity contribution in [2.45, 2.75) is 17.4 Å². The molecule has 0 saturated heterocycles. The summed E-state index contributed by atoms with van der Waals surface area (Å²) in [6.45, 7) is 0. The van der Waals surface area contributed by atoms with Crippen LogP contribution in [0.5, 0.6) is 0 Å². The van der Waals surface area contributed by atoms with E-state index in [0.717, 1.165) is 0 Å². The van der Waals surface area contributed by atoms with Gasteiger partial charge in [-0.1, -0.05) is 0 Å². The molecule has 3 heteroatoms. The fraction of sp³-hybridized carbons (Fsp3) is 0.500. The van der Waals surface area contributed by atoms with Crippen LogP contribution in [0.25, 0.3) is 0 Å². The van der Waals surface area contributed by atoms with Gasteiger partial charge in [-0.05, 0) is 38.4 Å². The molecule has 1 aromatic heterocycles. The van der Waals surface area contributed by atoms with Crippen molar-refractivity contribution in [3.8, 4) is 0 Å². The number of fused-ring (bicyclic) bond motifs is 1. The highest BCUT2D eigenvalue weighted by atomic mass is 32.2. The van der Waals surface area contributed by atoms with Gasteiger partial charge in [-0.25, -0.2) is 0 Å². The van der Waals surface area contributed by atoms with Gasteiger partial charge in [0, 0.05) is 11.1 Å². The van der Waals surface area contributed by atoms with Crippen LogP contribution in [0.15, 0.2) is 23.2 Å². The van der Waals surface area contributed by atoms with Crippen molar-refractivity contribution in [2.24, 2.45) is 0 Å². The standard InChI is InChI=1S/C10H14N2S/c1-12(2)8-5-7-13-9-4-3-6-11-10(8)9/h3-4,6,8H,5,7H2,1-2H3. The average molecular weight is 194 g/mol. The molecule has 0 aliphatic carbocycles. The largest absolute Gasteiger partial charge is 0.301 e. The third kappa shape index (κ3) is 1.71. The third-order valence-corrected chi connectivity index (χ3v) is 3.48. The van der Waals surface area contributed by atoms with Crippen LogP contribution in [0.4, 0.5) is 0 Å². The van der Waals surface area contributed by atoms with Crippen molar-refractivity contribution in [3.05, 3.63) is 24.0 Å². The average Bonchev–Trinajstić information content (AvgIpc) is 2.17. The summed E-state index contributed by atoms with van der Waals surface area (Å²) in [6.07, 6.45) is 3.10. The molecule has 0 saturated carbocycles. The van der Waals surface area contributed by atoms with Gasteiger partial charge in [-0.3, -0.25) is 4.98 Å². The lowest BCUT2D eigenvalue weighted by atomic mass is 10.1. The fourth-order valence-electron chi connectivity index (χ4n) is 1.70. The van der Waals surface area contributed by atoms with E-state index in [0.29, 0.717) is 6.04 Å². The maximum atomic E-state index is 4.46. The second-order valence-corrected chi connectivity index (χ2v) is 4.64. The van der Waals surface area contributed by atoms with Gasteiger partial charge in [0.25, 0.3) is 0 Å². The van der Waals surface area contributed by atoms with Gasteiger partial charge in [0.1, 0.15) is 0 Å². The number of rotatable bonds is 1. The fourth-order valence-corrected chi connectivity index (χ4v) is 2.77. The van der Waals surface area contributed by atoms with Crippen molar-refractivity contribution in [2.75, 3.05) is 19.8 Å². The van der Waals surface area contributed by atoms with E-state index >= 15 is 0 Å². The first-order chi connectivity index (χ1) is 6.29. The van der Waals surface area contributed by atoms with Gasteiger partial charge >= 0.3 is 0 Å². The van der Waals surface area contributed by atoms with Crippen LogP contribution in [0.2, 0.25) is 0 Å². The van der Waals surface area contributed by atoms with Crippen molar-refractivity contribution >= 4 is 11.8 Å². The molecule has 0 fully saturated rings. The number of hydrogen-bond acceptors (Lipinski definition) is 3. The van der Waals surface area contributed by atoms with Gasteiger partial charge in [0.15, 0.2) is 0 Å². The molecule has 0 N–H and O–H groups in total. The van der Waals surface area contributed by atoms with Gasteiger partial charge < -0.3 is 4.90 Å². The second-order valence-electron chi connectivity index (χ2n) is 3.50. The SMILES string of the molecule is CN(C)C1CCSc2cccnc21. The van der Waals surface area contributed by atoms with Crippen LogP contribution in [-0.4, -0.2) is 29.7 Å². The number of pyridine rings is 1. The molecule has 1 unspecified atom stereocenters. The number of thioether (sulfide) groups is 1. The Bertz CT molecular complexity index is 299. The number of aromatic nitrogens is 1. The van der Waals surface area contributed by atoms with Crippen LogP contribution >= 0.6 is 11.8 Å². The summed E-state index contributed by atoms with van der Waals surface area (Å²) >= 11 is 1.92.